The average Bonchev–Trinajstić information content (AvgIpc) is 2.48. The van der Waals surface area contributed by atoms with E-state index in [9.17, 15) is 13.6 Å². The number of benzene rings is 1. The molecule has 5 nitrogen and oxygen atoms in total. The van der Waals surface area contributed by atoms with Crippen molar-refractivity contribution in [2.75, 3.05) is 13.7 Å². The third-order valence-corrected chi connectivity index (χ3v) is 3.50. The van der Waals surface area contributed by atoms with Crippen LogP contribution in [0.5, 0.6) is 11.5 Å². The van der Waals surface area contributed by atoms with Gasteiger partial charge in [0.15, 0.2) is 11.5 Å². The minimum atomic E-state index is -2.92. The van der Waals surface area contributed by atoms with Crippen LogP contribution in [0.2, 0.25) is 0 Å². The second-order valence-electron chi connectivity index (χ2n) is 5.43. The van der Waals surface area contributed by atoms with E-state index in [0.717, 1.165) is 5.56 Å². The normalized spacial score (nSPS) is 13.6. The molecule has 2 atom stereocenters. The number of amides is 1. The molecule has 0 bridgehead atoms. The van der Waals surface area contributed by atoms with Crippen LogP contribution in [-0.2, 0) is 11.3 Å². The number of carbonyl (C=O) groups is 1. The van der Waals surface area contributed by atoms with Crippen LogP contribution in [0.3, 0.4) is 0 Å². The van der Waals surface area contributed by atoms with Crippen LogP contribution in [0.1, 0.15) is 26.3 Å². The molecule has 130 valence electrons. The van der Waals surface area contributed by atoms with Gasteiger partial charge in [0, 0.05) is 19.6 Å². The quantitative estimate of drug-likeness (QED) is 0.796. The highest BCUT2D eigenvalue weighted by molar-refractivity contribution is 5.78. The predicted octanol–water partition coefficient (Wildman–Crippen LogP) is 2.63. The summed E-state index contributed by atoms with van der Waals surface area (Å²) in [5.41, 5.74) is 6.50. The Hall–Kier alpha value is -1.89. The lowest BCUT2D eigenvalue weighted by Crippen LogP contribution is -2.39. The number of carbonyl (C=O) groups excluding carboxylic acids is 1. The fraction of sp³-hybridized carbons (Fsp3) is 0.562. The van der Waals surface area contributed by atoms with Crippen LogP contribution >= 0.6 is 0 Å². The van der Waals surface area contributed by atoms with Gasteiger partial charge in [-0.25, -0.2) is 0 Å². The summed E-state index contributed by atoms with van der Waals surface area (Å²) in [4.78, 5) is 13.8. The lowest BCUT2D eigenvalue weighted by atomic mass is 10.0. The molecule has 1 aromatic carbocycles. The summed E-state index contributed by atoms with van der Waals surface area (Å²) in [6.45, 7) is 3.02. The maximum Gasteiger partial charge on any atom is 0.387 e. The average molecular weight is 330 g/mol. The van der Waals surface area contributed by atoms with Crippen molar-refractivity contribution in [2.24, 2.45) is 11.7 Å². The first-order chi connectivity index (χ1) is 10.8. The van der Waals surface area contributed by atoms with Gasteiger partial charge in [0.2, 0.25) is 5.91 Å². The zero-order chi connectivity index (χ0) is 17.6. The predicted molar refractivity (Wildman–Crippen MR) is 83.5 cm³/mol. The zero-order valence-electron chi connectivity index (χ0n) is 13.9. The van der Waals surface area contributed by atoms with Gasteiger partial charge < -0.3 is 20.1 Å². The molecule has 0 fully saturated rings. The molecular formula is C16H24F2N2O3. The van der Waals surface area contributed by atoms with Crippen LogP contribution in [0.4, 0.5) is 8.78 Å². The number of nitrogens with two attached hydrogens (primary N) is 1. The first kappa shape index (κ1) is 19.2. The Morgan fingerprint density at radius 1 is 1.30 bits per heavy atom. The second-order valence-corrected chi connectivity index (χ2v) is 5.43. The molecule has 0 aromatic heterocycles. The number of alkyl halides is 2. The van der Waals surface area contributed by atoms with E-state index in [1.54, 1.807) is 44.9 Å². The summed E-state index contributed by atoms with van der Waals surface area (Å²) in [5, 5.41) is 0. The Kier molecular flexibility index (Phi) is 7.22. The number of halogens is 2. The number of hydrogen-bond acceptors (Lipinski definition) is 4. The van der Waals surface area contributed by atoms with E-state index in [0.29, 0.717) is 13.2 Å². The molecule has 0 spiro atoms. The van der Waals surface area contributed by atoms with E-state index in [2.05, 4.69) is 4.74 Å². The maximum atomic E-state index is 12.4. The first-order valence-electron chi connectivity index (χ1n) is 7.47. The Bertz CT molecular complexity index is 524. The summed E-state index contributed by atoms with van der Waals surface area (Å²) in [5.74, 6) is -0.173. The van der Waals surface area contributed by atoms with Gasteiger partial charge in [-0.05, 0) is 31.5 Å². The third kappa shape index (κ3) is 5.67. The van der Waals surface area contributed by atoms with Crippen LogP contribution in [0.15, 0.2) is 18.2 Å². The van der Waals surface area contributed by atoms with Crippen molar-refractivity contribution < 1.29 is 23.0 Å². The van der Waals surface area contributed by atoms with Crippen LogP contribution in [-0.4, -0.2) is 37.1 Å². The summed E-state index contributed by atoms with van der Waals surface area (Å²) in [6.07, 6.45) is 0. The largest absolute Gasteiger partial charge is 0.490 e. The number of rotatable bonds is 8. The Balaban J connectivity index is 2.88. The summed E-state index contributed by atoms with van der Waals surface area (Å²) in [7, 11) is 1.67. The molecule has 0 aliphatic rings. The van der Waals surface area contributed by atoms with Gasteiger partial charge in [-0.1, -0.05) is 13.0 Å². The molecular weight excluding hydrogens is 306 g/mol. The molecule has 2 N–H and O–H groups in total. The number of nitrogens with zero attached hydrogens (tertiary/aromatic N) is 1. The highest BCUT2D eigenvalue weighted by atomic mass is 19.3. The van der Waals surface area contributed by atoms with Gasteiger partial charge in [0.25, 0.3) is 0 Å². The molecule has 23 heavy (non-hydrogen) atoms. The Labute approximate surface area is 135 Å². The topological polar surface area (TPSA) is 64.8 Å². The Morgan fingerprint density at radius 2 is 1.96 bits per heavy atom. The highest BCUT2D eigenvalue weighted by Crippen LogP contribution is 2.30. The molecule has 0 aliphatic heterocycles. The van der Waals surface area contributed by atoms with Gasteiger partial charge in [-0.3, -0.25) is 4.79 Å². The lowest BCUT2D eigenvalue weighted by molar-refractivity contribution is -0.134. The van der Waals surface area contributed by atoms with E-state index < -0.39 is 6.61 Å². The summed E-state index contributed by atoms with van der Waals surface area (Å²) < 4.78 is 34.5. The van der Waals surface area contributed by atoms with Crippen LogP contribution in [0, 0.1) is 5.92 Å². The molecule has 0 aliphatic carbocycles. The molecule has 1 amide bonds. The molecule has 0 radical (unpaired) electrons. The smallest absolute Gasteiger partial charge is 0.387 e. The van der Waals surface area contributed by atoms with Gasteiger partial charge >= 0.3 is 6.61 Å². The van der Waals surface area contributed by atoms with E-state index >= 15 is 0 Å². The first-order valence-corrected chi connectivity index (χ1v) is 7.47. The minimum absolute atomic E-state index is 0.0245. The zero-order valence-corrected chi connectivity index (χ0v) is 13.9. The minimum Gasteiger partial charge on any atom is -0.490 e. The summed E-state index contributed by atoms with van der Waals surface area (Å²) in [6, 6.07) is 4.40. The SMILES string of the molecule is CCOc1cc(CN(C)C(=O)C(C)C(C)N)ccc1OC(F)F. The van der Waals surface area contributed by atoms with Crippen molar-refractivity contribution in [1.82, 2.24) is 4.90 Å². The fourth-order valence-electron chi connectivity index (χ4n) is 2.04. The van der Waals surface area contributed by atoms with Gasteiger partial charge in [-0.2, -0.15) is 8.78 Å². The standard InChI is InChI=1S/C16H24F2N2O3/c1-5-22-14-8-12(6-7-13(14)23-16(17)18)9-20(4)15(21)10(2)11(3)19/h6-8,10-11,16H,5,9,19H2,1-4H3. The molecule has 0 saturated carbocycles. The van der Waals surface area contributed by atoms with Gasteiger partial charge in [0.05, 0.1) is 12.5 Å². The maximum absolute atomic E-state index is 12.4. The van der Waals surface area contributed by atoms with Crippen LogP contribution < -0.4 is 15.2 Å². The molecule has 2 unspecified atom stereocenters. The highest BCUT2D eigenvalue weighted by Gasteiger charge is 2.21. The van der Waals surface area contributed by atoms with Crippen molar-refractivity contribution in [3.8, 4) is 11.5 Å². The second kappa shape index (κ2) is 8.67. The molecule has 7 heteroatoms. The van der Waals surface area contributed by atoms with E-state index in [4.69, 9.17) is 10.5 Å². The molecule has 0 heterocycles. The molecule has 1 rings (SSSR count). The van der Waals surface area contributed by atoms with E-state index in [1.165, 1.54) is 6.07 Å². The molecule has 1 aromatic rings. The van der Waals surface area contributed by atoms with E-state index in [1.807, 2.05) is 0 Å². The summed E-state index contributed by atoms with van der Waals surface area (Å²) >= 11 is 0. The number of hydrogen-bond donors (Lipinski definition) is 1. The van der Waals surface area contributed by atoms with Gasteiger partial charge in [-0.15, -0.1) is 0 Å². The Morgan fingerprint density at radius 3 is 2.48 bits per heavy atom. The van der Waals surface area contributed by atoms with Crippen molar-refractivity contribution in [3.05, 3.63) is 23.8 Å². The van der Waals surface area contributed by atoms with Crippen molar-refractivity contribution >= 4 is 5.91 Å². The number of ether oxygens (including phenoxy) is 2. The van der Waals surface area contributed by atoms with Crippen molar-refractivity contribution in [2.45, 2.75) is 40.0 Å². The van der Waals surface area contributed by atoms with Crippen molar-refractivity contribution in [1.29, 1.82) is 0 Å². The fourth-order valence-corrected chi connectivity index (χ4v) is 2.04. The van der Waals surface area contributed by atoms with Crippen molar-refractivity contribution in [3.63, 3.8) is 0 Å². The van der Waals surface area contributed by atoms with E-state index in [-0.39, 0.29) is 29.4 Å². The monoisotopic (exact) mass is 330 g/mol. The van der Waals surface area contributed by atoms with Gasteiger partial charge in [0.1, 0.15) is 0 Å². The lowest BCUT2D eigenvalue weighted by Gasteiger charge is -2.24. The third-order valence-electron chi connectivity index (χ3n) is 3.50. The van der Waals surface area contributed by atoms with Crippen LogP contribution in [0.25, 0.3) is 0 Å². The molecule has 0 saturated heterocycles.